The summed E-state index contributed by atoms with van der Waals surface area (Å²) in [5, 5.41) is 5.56. The van der Waals surface area contributed by atoms with Crippen LogP contribution in [0, 0.1) is 5.92 Å². The predicted molar refractivity (Wildman–Crippen MR) is 138 cm³/mol. The fourth-order valence-electron chi connectivity index (χ4n) is 5.34. The molecule has 4 heterocycles. The molecule has 1 atom stereocenters. The topological polar surface area (TPSA) is 96.1 Å². The van der Waals surface area contributed by atoms with Crippen molar-refractivity contribution in [1.29, 1.82) is 0 Å². The molecule has 0 unspecified atom stereocenters. The third kappa shape index (κ3) is 3.96. The smallest absolute Gasteiger partial charge is 0.254 e. The minimum Gasteiger partial charge on any atom is -0.494 e. The summed E-state index contributed by atoms with van der Waals surface area (Å²) in [7, 11) is 5.63. The number of likely N-dealkylation sites (tertiary alicyclic amines) is 1. The van der Waals surface area contributed by atoms with Gasteiger partial charge in [0.1, 0.15) is 16.9 Å². The number of carbonyl (C=O) groups excluding carboxylic acids is 1. The molecule has 1 saturated carbocycles. The molecule has 186 valence electrons. The van der Waals surface area contributed by atoms with Gasteiger partial charge in [0.15, 0.2) is 5.82 Å². The maximum atomic E-state index is 13.3. The highest BCUT2D eigenvalue weighted by Gasteiger charge is 2.28. The maximum Gasteiger partial charge on any atom is 0.254 e. The monoisotopic (exact) mass is 497 g/mol. The lowest BCUT2D eigenvalue weighted by molar-refractivity contribution is 0.0708. The van der Waals surface area contributed by atoms with Crippen LogP contribution in [0.4, 0.5) is 0 Å². The number of benzene rings is 1. The van der Waals surface area contributed by atoms with Gasteiger partial charge in [-0.25, -0.2) is 4.98 Å². The van der Waals surface area contributed by atoms with Crippen LogP contribution in [0.15, 0.2) is 24.4 Å². The highest BCUT2D eigenvalue weighted by atomic mass is 35.5. The molecule has 1 aromatic carbocycles. The quantitative estimate of drug-likeness (QED) is 0.456. The molecule has 1 aliphatic heterocycles. The van der Waals surface area contributed by atoms with Crippen LogP contribution in [0.1, 0.15) is 36.0 Å². The normalized spacial score (nSPS) is 18.3. The molecule has 35 heavy (non-hydrogen) atoms. The molecule has 10 heteroatoms. The molecule has 2 aliphatic rings. The van der Waals surface area contributed by atoms with Crippen LogP contribution in [0.2, 0.25) is 0 Å². The Morgan fingerprint density at radius 2 is 2.00 bits per heavy atom. The highest BCUT2D eigenvalue weighted by Crippen LogP contribution is 2.37. The van der Waals surface area contributed by atoms with Gasteiger partial charge in [-0.3, -0.25) is 9.48 Å². The summed E-state index contributed by atoms with van der Waals surface area (Å²) in [5.74, 6) is 2.19. The number of amides is 1. The molecule has 0 bridgehead atoms. The maximum absolute atomic E-state index is 13.3. The Labute approximate surface area is 210 Å². The number of aromatic nitrogens is 5. The largest absolute Gasteiger partial charge is 0.494 e. The summed E-state index contributed by atoms with van der Waals surface area (Å²) in [6.07, 6.45) is 6.32. The van der Waals surface area contributed by atoms with Crippen LogP contribution in [-0.4, -0.2) is 60.9 Å². The molecule has 6 rings (SSSR count). The van der Waals surface area contributed by atoms with Gasteiger partial charge in [0.2, 0.25) is 0 Å². The van der Waals surface area contributed by atoms with Gasteiger partial charge in [0, 0.05) is 50.7 Å². The molecule has 2 fully saturated rings. The highest BCUT2D eigenvalue weighted by molar-refractivity contribution is 6.00. The molecule has 2 N–H and O–H groups in total. The average Bonchev–Trinajstić information content (AvgIpc) is 3.36. The summed E-state index contributed by atoms with van der Waals surface area (Å²) in [4.78, 5) is 20.2. The lowest BCUT2D eigenvalue weighted by Crippen LogP contribution is -2.45. The van der Waals surface area contributed by atoms with Crippen LogP contribution in [0.3, 0.4) is 0 Å². The van der Waals surface area contributed by atoms with E-state index in [0.717, 1.165) is 59.5 Å². The third-order valence-electron chi connectivity index (χ3n) is 7.29. The molecule has 1 amide bonds. The Kier molecular flexibility index (Phi) is 6.01. The van der Waals surface area contributed by atoms with Crippen molar-refractivity contribution in [2.24, 2.45) is 25.7 Å². The van der Waals surface area contributed by atoms with E-state index in [2.05, 4.69) is 20.3 Å². The molecule has 9 nitrogen and oxygen atoms in total. The van der Waals surface area contributed by atoms with E-state index < -0.39 is 0 Å². The SMILES string of the molecule is COc1cc(C(=O)N2CCC[C@@H](N)C2)cc2nc(-c3cc4cnn(C)c4n3CC3CC3)n(C)c12.Cl. The molecule has 1 saturated heterocycles. The van der Waals surface area contributed by atoms with E-state index in [-0.39, 0.29) is 24.4 Å². The van der Waals surface area contributed by atoms with Crippen LogP contribution in [0.25, 0.3) is 33.6 Å². The minimum atomic E-state index is -0.0172. The van der Waals surface area contributed by atoms with Gasteiger partial charge in [-0.2, -0.15) is 5.10 Å². The number of aryl methyl sites for hydroxylation is 2. The predicted octanol–water partition coefficient (Wildman–Crippen LogP) is 3.33. The van der Waals surface area contributed by atoms with E-state index in [1.54, 1.807) is 7.11 Å². The van der Waals surface area contributed by atoms with Crippen molar-refractivity contribution in [3.05, 3.63) is 30.0 Å². The number of methoxy groups -OCH3 is 1. The van der Waals surface area contributed by atoms with Crippen LogP contribution in [-0.2, 0) is 20.6 Å². The zero-order chi connectivity index (χ0) is 23.6. The van der Waals surface area contributed by atoms with Crippen molar-refractivity contribution in [2.45, 2.75) is 38.3 Å². The van der Waals surface area contributed by atoms with Crippen molar-refractivity contribution in [2.75, 3.05) is 20.2 Å². The van der Waals surface area contributed by atoms with Crippen molar-refractivity contribution in [3.8, 4) is 17.3 Å². The number of hydrogen-bond donors (Lipinski definition) is 1. The second-order valence-corrected chi connectivity index (χ2v) is 9.82. The lowest BCUT2D eigenvalue weighted by atomic mass is 10.0. The Hall–Kier alpha value is -3.04. The van der Waals surface area contributed by atoms with Gasteiger partial charge >= 0.3 is 0 Å². The number of halogens is 1. The van der Waals surface area contributed by atoms with Gasteiger partial charge < -0.3 is 24.5 Å². The number of carbonyl (C=O) groups is 1. The Bertz CT molecular complexity index is 1410. The summed E-state index contributed by atoms with van der Waals surface area (Å²) in [5.41, 5.74) is 10.5. The molecule has 1 aliphatic carbocycles. The molecule has 4 aromatic rings. The number of nitrogens with two attached hydrogens (primary N) is 1. The first-order valence-corrected chi connectivity index (χ1v) is 12.1. The number of rotatable bonds is 5. The molecule has 0 spiro atoms. The van der Waals surface area contributed by atoms with Crippen molar-refractivity contribution in [3.63, 3.8) is 0 Å². The second kappa shape index (κ2) is 8.87. The van der Waals surface area contributed by atoms with Crippen molar-refractivity contribution >= 4 is 40.4 Å². The number of ether oxygens (including phenoxy) is 1. The van der Waals surface area contributed by atoms with Gasteiger partial charge in [0.25, 0.3) is 5.91 Å². The fraction of sp³-hybridized carbons (Fsp3) is 0.480. The van der Waals surface area contributed by atoms with Gasteiger partial charge in [0.05, 0.1) is 24.5 Å². The van der Waals surface area contributed by atoms with E-state index in [9.17, 15) is 4.79 Å². The second-order valence-electron chi connectivity index (χ2n) is 9.82. The zero-order valence-electron chi connectivity index (χ0n) is 20.4. The first-order valence-electron chi connectivity index (χ1n) is 12.1. The molecular weight excluding hydrogens is 466 g/mol. The zero-order valence-corrected chi connectivity index (χ0v) is 21.2. The van der Waals surface area contributed by atoms with E-state index in [1.165, 1.54) is 12.8 Å². The van der Waals surface area contributed by atoms with Crippen LogP contribution in [0.5, 0.6) is 5.75 Å². The third-order valence-corrected chi connectivity index (χ3v) is 7.29. The standard InChI is InChI=1S/C25H31N7O2.ClH/c1-29-22-19(9-16(11-21(22)34-3)25(33)31-8-4-5-18(26)14-31)28-23(29)20-10-17-12-27-30(2)24(17)32(20)13-15-6-7-15;/h9-12,15,18H,4-8,13-14,26H2,1-3H3;1H/t18-;/m1./s1. The van der Waals surface area contributed by atoms with Crippen molar-refractivity contribution < 1.29 is 9.53 Å². The summed E-state index contributed by atoms with van der Waals surface area (Å²) >= 11 is 0. The molecular formula is C25H32ClN7O2. The Morgan fingerprint density at radius 3 is 2.71 bits per heavy atom. The first kappa shape index (κ1) is 23.7. The number of imidazole rings is 1. The number of nitrogens with zero attached hydrogens (tertiary/aromatic N) is 6. The Balaban J connectivity index is 0.00000253. The van der Waals surface area contributed by atoms with Gasteiger partial charge in [-0.05, 0) is 49.8 Å². The molecule has 0 radical (unpaired) electrons. The molecule has 3 aromatic heterocycles. The fourth-order valence-corrected chi connectivity index (χ4v) is 5.34. The number of hydrogen-bond acceptors (Lipinski definition) is 5. The van der Waals surface area contributed by atoms with E-state index in [0.29, 0.717) is 23.8 Å². The summed E-state index contributed by atoms with van der Waals surface area (Å²) in [6, 6.07) is 5.92. The van der Waals surface area contributed by atoms with Gasteiger partial charge in [-0.15, -0.1) is 12.4 Å². The summed E-state index contributed by atoms with van der Waals surface area (Å²) in [6.45, 7) is 2.27. The summed E-state index contributed by atoms with van der Waals surface area (Å²) < 4.78 is 12.1. The van der Waals surface area contributed by atoms with E-state index in [1.807, 2.05) is 42.0 Å². The lowest BCUT2D eigenvalue weighted by Gasteiger charge is -2.30. The van der Waals surface area contributed by atoms with E-state index in [4.69, 9.17) is 15.5 Å². The van der Waals surface area contributed by atoms with Crippen molar-refractivity contribution in [1.82, 2.24) is 28.8 Å². The van der Waals surface area contributed by atoms with Crippen LogP contribution >= 0.6 is 12.4 Å². The minimum absolute atomic E-state index is 0. The van der Waals surface area contributed by atoms with Gasteiger partial charge in [-0.1, -0.05) is 0 Å². The number of piperidine rings is 1. The first-order chi connectivity index (χ1) is 16.4. The van der Waals surface area contributed by atoms with E-state index >= 15 is 0 Å². The average molecular weight is 498 g/mol. The number of fused-ring (bicyclic) bond motifs is 2. The Morgan fingerprint density at radius 1 is 1.20 bits per heavy atom. The van der Waals surface area contributed by atoms with Crippen LogP contribution < -0.4 is 10.5 Å².